The van der Waals surface area contributed by atoms with E-state index in [-0.39, 0.29) is 13.4 Å². The number of carbonyl (C=O) groups is 1. The van der Waals surface area contributed by atoms with Crippen molar-refractivity contribution in [3.05, 3.63) is 23.3 Å². The monoisotopic (exact) mass is 252 g/mol. The number of esters is 1. The highest BCUT2D eigenvalue weighted by Gasteiger charge is 2.27. The van der Waals surface area contributed by atoms with Crippen molar-refractivity contribution in [3.8, 4) is 11.5 Å². The molecule has 1 unspecified atom stereocenters. The molecule has 0 aliphatic carbocycles. The minimum atomic E-state index is -1.28. The van der Waals surface area contributed by atoms with Crippen molar-refractivity contribution in [2.24, 2.45) is 0 Å². The maximum absolute atomic E-state index is 11.6. The summed E-state index contributed by atoms with van der Waals surface area (Å²) < 4.78 is 15.4. The summed E-state index contributed by atoms with van der Waals surface area (Å²) in [6, 6.07) is 3.37. The van der Waals surface area contributed by atoms with Gasteiger partial charge in [-0.1, -0.05) is 13.0 Å². The Balaban J connectivity index is 2.36. The molecule has 0 amide bonds. The van der Waals surface area contributed by atoms with Gasteiger partial charge in [-0.05, 0) is 25.0 Å². The van der Waals surface area contributed by atoms with Gasteiger partial charge < -0.3 is 19.3 Å². The zero-order chi connectivity index (χ0) is 13.1. The second kappa shape index (κ2) is 5.27. The summed E-state index contributed by atoms with van der Waals surface area (Å²) in [7, 11) is 0. The Hall–Kier alpha value is -1.75. The normalized spacial score (nSPS) is 14.4. The number of benzene rings is 1. The van der Waals surface area contributed by atoms with Crippen LogP contribution in [-0.2, 0) is 16.0 Å². The van der Waals surface area contributed by atoms with Crippen molar-refractivity contribution >= 4 is 5.97 Å². The van der Waals surface area contributed by atoms with Crippen LogP contribution in [0.3, 0.4) is 0 Å². The first-order valence-electron chi connectivity index (χ1n) is 5.95. The number of fused-ring (bicyclic) bond motifs is 1. The molecule has 0 saturated heterocycles. The summed E-state index contributed by atoms with van der Waals surface area (Å²) in [5.41, 5.74) is 1.30. The fraction of sp³-hybridized carbons (Fsp3) is 0.462. The summed E-state index contributed by atoms with van der Waals surface area (Å²) in [5.74, 6) is 0.607. The first kappa shape index (κ1) is 12.7. The van der Waals surface area contributed by atoms with Crippen molar-refractivity contribution in [3.63, 3.8) is 0 Å². The van der Waals surface area contributed by atoms with Crippen LogP contribution in [0.2, 0.25) is 0 Å². The predicted octanol–water partition coefficient (Wildman–Crippen LogP) is 1.57. The molecule has 0 fully saturated rings. The van der Waals surface area contributed by atoms with Gasteiger partial charge >= 0.3 is 5.97 Å². The van der Waals surface area contributed by atoms with Crippen molar-refractivity contribution in [1.82, 2.24) is 0 Å². The van der Waals surface area contributed by atoms with Gasteiger partial charge in [0.2, 0.25) is 6.79 Å². The average Bonchev–Trinajstić information content (AvgIpc) is 2.85. The molecule has 18 heavy (non-hydrogen) atoms. The molecule has 5 nitrogen and oxygen atoms in total. The molecule has 1 aromatic rings. The number of aliphatic hydroxyl groups excluding tert-OH is 1. The number of ether oxygens (including phenoxy) is 3. The van der Waals surface area contributed by atoms with Gasteiger partial charge in [0.25, 0.3) is 0 Å². The van der Waals surface area contributed by atoms with Gasteiger partial charge in [0.05, 0.1) is 6.61 Å². The molecule has 0 spiro atoms. The largest absolute Gasteiger partial charge is 0.464 e. The second-order valence-electron chi connectivity index (χ2n) is 3.88. The first-order valence-corrected chi connectivity index (χ1v) is 5.95. The summed E-state index contributed by atoms with van der Waals surface area (Å²) in [5, 5.41) is 9.99. The van der Waals surface area contributed by atoms with E-state index in [0.29, 0.717) is 23.5 Å². The van der Waals surface area contributed by atoms with Crippen LogP contribution in [0.5, 0.6) is 11.5 Å². The number of rotatable bonds is 4. The Labute approximate surface area is 105 Å². The highest BCUT2D eigenvalue weighted by atomic mass is 16.7. The second-order valence-corrected chi connectivity index (χ2v) is 3.88. The third-order valence-electron chi connectivity index (χ3n) is 2.84. The summed E-state index contributed by atoms with van der Waals surface area (Å²) >= 11 is 0. The van der Waals surface area contributed by atoms with E-state index in [1.54, 1.807) is 19.1 Å². The smallest absolute Gasteiger partial charge is 0.339 e. The Morgan fingerprint density at radius 2 is 2.22 bits per heavy atom. The van der Waals surface area contributed by atoms with E-state index in [0.717, 1.165) is 5.56 Å². The van der Waals surface area contributed by atoms with Gasteiger partial charge in [-0.25, -0.2) is 4.79 Å². The lowest BCUT2D eigenvalue weighted by atomic mass is 9.99. The highest BCUT2D eigenvalue weighted by Crippen LogP contribution is 2.39. The molecule has 1 heterocycles. The number of hydrogen-bond donors (Lipinski definition) is 1. The third-order valence-corrected chi connectivity index (χ3v) is 2.84. The van der Waals surface area contributed by atoms with Crippen LogP contribution in [0.25, 0.3) is 0 Å². The minimum Gasteiger partial charge on any atom is -0.464 e. The molecule has 1 aliphatic heterocycles. The van der Waals surface area contributed by atoms with Crippen LogP contribution in [0, 0.1) is 0 Å². The summed E-state index contributed by atoms with van der Waals surface area (Å²) in [6.07, 6.45) is -0.646. The zero-order valence-corrected chi connectivity index (χ0v) is 10.4. The maximum Gasteiger partial charge on any atom is 0.339 e. The van der Waals surface area contributed by atoms with Gasteiger partial charge in [0, 0.05) is 5.56 Å². The van der Waals surface area contributed by atoms with Crippen molar-refractivity contribution < 1.29 is 24.1 Å². The fourth-order valence-corrected chi connectivity index (χ4v) is 2.01. The van der Waals surface area contributed by atoms with Gasteiger partial charge in [-0.2, -0.15) is 0 Å². The minimum absolute atomic E-state index is 0.168. The van der Waals surface area contributed by atoms with Gasteiger partial charge in [0.1, 0.15) is 0 Å². The quantitative estimate of drug-likeness (QED) is 0.824. The molecule has 2 rings (SSSR count). The molecule has 0 bridgehead atoms. The molecule has 0 radical (unpaired) electrons. The van der Waals surface area contributed by atoms with E-state index in [9.17, 15) is 9.90 Å². The molecular formula is C13H16O5. The van der Waals surface area contributed by atoms with E-state index >= 15 is 0 Å². The summed E-state index contributed by atoms with van der Waals surface area (Å²) in [4.78, 5) is 11.6. The number of carbonyl (C=O) groups excluding carboxylic acids is 1. The number of hydrogen-bond acceptors (Lipinski definition) is 5. The first-order chi connectivity index (χ1) is 8.69. The lowest BCUT2D eigenvalue weighted by Crippen LogP contribution is -2.17. The average molecular weight is 252 g/mol. The van der Waals surface area contributed by atoms with E-state index in [1.807, 2.05) is 6.92 Å². The molecule has 0 saturated carbocycles. The zero-order valence-electron chi connectivity index (χ0n) is 10.4. The van der Waals surface area contributed by atoms with E-state index in [2.05, 4.69) is 0 Å². The van der Waals surface area contributed by atoms with Crippen LogP contribution >= 0.6 is 0 Å². The molecular weight excluding hydrogens is 236 g/mol. The Bertz CT molecular complexity index is 455. The number of aliphatic hydroxyl groups is 1. The fourth-order valence-electron chi connectivity index (χ4n) is 2.01. The third kappa shape index (κ3) is 2.13. The standard InChI is InChI=1S/C13H16O5/c1-3-8-9(11(14)13(15)16-4-2)5-6-10-12(8)18-7-17-10/h5-6,11,14H,3-4,7H2,1-2H3. The predicted molar refractivity (Wildman–Crippen MR) is 63.5 cm³/mol. The van der Waals surface area contributed by atoms with Gasteiger partial charge in [-0.15, -0.1) is 0 Å². The molecule has 1 aromatic carbocycles. The Morgan fingerprint density at radius 1 is 1.44 bits per heavy atom. The van der Waals surface area contributed by atoms with E-state index in [1.165, 1.54) is 0 Å². The topological polar surface area (TPSA) is 65.0 Å². The maximum atomic E-state index is 11.6. The molecule has 5 heteroatoms. The van der Waals surface area contributed by atoms with Crippen LogP contribution in [0.1, 0.15) is 31.1 Å². The van der Waals surface area contributed by atoms with Gasteiger partial charge in [-0.3, -0.25) is 0 Å². The van der Waals surface area contributed by atoms with Gasteiger partial charge in [0.15, 0.2) is 17.6 Å². The van der Waals surface area contributed by atoms with Crippen molar-refractivity contribution in [1.29, 1.82) is 0 Å². The SMILES string of the molecule is CCOC(=O)C(O)c1ccc2c(c1CC)OCO2. The van der Waals surface area contributed by atoms with E-state index in [4.69, 9.17) is 14.2 Å². The van der Waals surface area contributed by atoms with Crippen LogP contribution in [0.15, 0.2) is 12.1 Å². The molecule has 98 valence electrons. The molecule has 1 atom stereocenters. The lowest BCUT2D eigenvalue weighted by molar-refractivity contribution is -0.153. The lowest BCUT2D eigenvalue weighted by Gasteiger charge is -2.15. The highest BCUT2D eigenvalue weighted by molar-refractivity contribution is 5.77. The Kier molecular flexibility index (Phi) is 3.72. The molecule has 0 aromatic heterocycles. The summed E-state index contributed by atoms with van der Waals surface area (Å²) in [6.45, 7) is 4.03. The Morgan fingerprint density at radius 3 is 2.89 bits per heavy atom. The molecule has 1 aliphatic rings. The van der Waals surface area contributed by atoms with Crippen LogP contribution in [-0.4, -0.2) is 24.5 Å². The van der Waals surface area contributed by atoms with E-state index < -0.39 is 12.1 Å². The van der Waals surface area contributed by atoms with Crippen LogP contribution in [0.4, 0.5) is 0 Å². The van der Waals surface area contributed by atoms with Crippen LogP contribution < -0.4 is 9.47 Å². The van der Waals surface area contributed by atoms with Crippen molar-refractivity contribution in [2.45, 2.75) is 26.4 Å². The van der Waals surface area contributed by atoms with Crippen molar-refractivity contribution in [2.75, 3.05) is 13.4 Å². The molecule has 1 N–H and O–H groups in total.